The van der Waals surface area contributed by atoms with Gasteiger partial charge in [-0.2, -0.15) is 0 Å². The average molecular weight is 316 g/mol. The first-order valence-corrected chi connectivity index (χ1v) is 7.63. The van der Waals surface area contributed by atoms with E-state index in [0.29, 0.717) is 19.6 Å². The van der Waals surface area contributed by atoms with Crippen LogP contribution < -0.4 is 5.32 Å². The van der Waals surface area contributed by atoms with Crippen LogP contribution in [0.4, 0.5) is 0 Å². The molecule has 1 aliphatic heterocycles. The van der Waals surface area contributed by atoms with Crippen molar-refractivity contribution in [3.63, 3.8) is 0 Å². The van der Waals surface area contributed by atoms with Crippen LogP contribution in [0.25, 0.3) is 0 Å². The topological polar surface area (TPSA) is 95.9 Å². The van der Waals surface area contributed by atoms with Crippen LogP contribution in [0, 0.1) is 0 Å². The summed E-state index contributed by atoms with van der Waals surface area (Å²) in [4.78, 5) is 36.6. The van der Waals surface area contributed by atoms with Gasteiger partial charge in [-0.05, 0) is 6.42 Å². The van der Waals surface area contributed by atoms with Crippen molar-refractivity contribution in [3.8, 4) is 0 Å². The monoisotopic (exact) mass is 316 g/mol. The van der Waals surface area contributed by atoms with Gasteiger partial charge in [0.2, 0.25) is 11.8 Å². The number of nitrogens with one attached hydrogen (secondary N) is 2. The minimum absolute atomic E-state index is 0.0710. The van der Waals surface area contributed by atoms with Crippen molar-refractivity contribution in [2.75, 3.05) is 13.1 Å². The predicted molar refractivity (Wildman–Crippen MR) is 82.3 cm³/mol. The molecule has 0 aliphatic carbocycles. The number of aromatic nitrogens is 4. The number of hydrogen-bond donors (Lipinski definition) is 2. The number of H-pyrrole nitrogens is 1. The van der Waals surface area contributed by atoms with Gasteiger partial charge in [0.15, 0.2) is 0 Å². The Morgan fingerprint density at radius 2 is 2.35 bits per heavy atom. The summed E-state index contributed by atoms with van der Waals surface area (Å²) >= 11 is 0. The molecule has 0 bridgehead atoms. The van der Waals surface area contributed by atoms with Gasteiger partial charge in [0.25, 0.3) is 0 Å². The first-order valence-electron chi connectivity index (χ1n) is 7.63. The van der Waals surface area contributed by atoms with Crippen LogP contribution in [0.1, 0.15) is 30.8 Å². The largest absolute Gasteiger partial charge is 0.351 e. The number of nitrogens with zero attached hydrogens (tertiary/aromatic N) is 4. The summed E-state index contributed by atoms with van der Waals surface area (Å²) < 4.78 is 1.77. The van der Waals surface area contributed by atoms with Gasteiger partial charge in [-0.15, -0.1) is 0 Å². The maximum atomic E-state index is 12.3. The Kier molecular flexibility index (Phi) is 4.40. The van der Waals surface area contributed by atoms with Crippen molar-refractivity contribution >= 4 is 11.8 Å². The number of hydrogen-bond acceptors (Lipinski definition) is 4. The van der Waals surface area contributed by atoms with E-state index >= 15 is 0 Å². The van der Waals surface area contributed by atoms with Crippen molar-refractivity contribution in [1.82, 2.24) is 29.7 Å². The zero-order valence-electron chi connectivity index (χ0n) is 13.0. The van der Waals surface area contributed by atoms with Gasteiger partial charge in [-0.25, -0.2) is 9.97 Å². The zero-order valence-corrected chi connectivity index (χ0v) is 13.0. The molecule has 2 aromatic heterocycles. The Labute approximate surface area is 133 Å². The van der Waals surface area contributed by atoms with E-state index in [4.69, 9.17) is 0 Å². The number of aromatic amines is 1. The second-order valence-corrected chi connectivity index (χ2v) is 5.76. The summed E-state index contributed by atoms with van der Waals surface area (Å²) in [5, 5.41) is 2.73. The number of carbonyl (C=O) groups excluding carboxylic acids is 2. The van der Waals surface area contributed by atoms with Crippen molar-refractivity contribution in [2.45, 2.75) is 32.4 Å². The molecule has 2 amide bonds. The Balaban J connectivity index is 1.55. The molecule has 1 saturated heterocycles. The first kappa shape index (κ1) is 15.3. The van der Waals surface area contributed by atoms with Crippen molar-refractivity contribution in [1.29, 1.82) is 0 Å². The van der Waals surface area contributed by atoms with E-state index in [9.17, 15) is 9.59 Å². The van der Waals surface area contributed by atoms with Crippen molar-refractivity contribution in [3.05, 3.63) is 36.4 Å². The second-order valence-electron chi connectivity index (χ2n) is 5.76. The van der Waals surface area contributed by atoms with Gasteiger partial charge in [0, 0.05) is 38.3 Å². The molecule has 1 atom stereocenters. The average Bonchev–Trinajstić information content (AvgIpc) is 3.25. The molecular weight excluding hydrogens is 296 g/mol. The van der Waals surface area contributed by atoms with Gasteiger partial charge in [0.1, 0.15) is 12.4 Å². The fourth-order valence-corrected chi connectivity index (χ4v) is 2.74. The van der Waals surface area contributed by atoms with Gasteiger partial charge in [-0.1, -0.05) is 0 Å². The Morgan fingerprint density at radius 1 is 1.48 bits per heavy atom. The van der Waals surface area contributed by atoms with Crippen LogP contribution in [0.15, 0.2) is 24.9 Å². The normalized spacial score (nSPS) is 17.4. The number of rotatable bonds is 5. The highest BCUT2D eigenvalue weighted by Crippen LogP contribution is 2.25. The van der Waals surface area contributed by atoms with E-state index in [1.165, 1.54) is 6.92 Å². The molecule has 0 unspecified atom stereocenters. The summed E-state index contributed by atoms with van der Waals surface area (Å²) in [6, 6.07) is 0. The van der Waals surface area contributed by atoms with Gasteiger partial charge in [-0.3, -0.25) is 9.59 Å². The smallest absolute Gasteiger partial charge is 0.242 e. The lowest BCUT2D eigenvalue weighted by atomic mass is 10.1. The standard InChI is InChI=1S/C15H20N6O2/c1-11(22)17-6-13-7-18-15(19-13)12-2-4-21(8-12)14(23)9-20-5-3-16-10-20/h3,5,7,10,12H,2,4,6,8-9H2,1H3,(H,17,22)(H,18,19)/t12-/m1/s1. The van der Waals surface area contributed by atoms with Gasteiger partial charge >= 0.3 is 0 Å². The van der Waals surface area contributed by atoms with Crippen molar-refractivity contribution < 1.29 is 9.59 Å². The maximum absolute atomic E-state index is 12.3. The van der Waals surface area contributed by atoms with Crippen LogP contribution in [-0.2, 0) is 22.7 Å². The highest BCUT2D eigenvalue weighted by Gasteiger charge is 2.29. The van der Waals surface area contributed by atoms with Crippen molar-refractivity contribution in [2.24, 2.45) is 0 Å². The van der Waals surface area contributed by atoms with E-state index in [1.54, 1.807) is 29.5 Å². The molecule has 23 heavy (non-hydrogen) atoms. The third-order valence-electron chi connectivity index (χ3n) is 3.98. The zero-order chi connectivity index (χ0) is 16.2. The molecule has 1 aliphatic rings. The van der Waals surface area contributed by atoms with Crippen LogP contribution in [0.5, 0.6) is 0 Å². The van der Waals surface area contributed by atoms with Crippen LogP contribution in [0.2, 0.25) is 0 Å². The number of amides is 2. The van der Waals surface area contributed by atoms with Crippen LogP contribution in [-0.4, -0.2) is 49.3 Å². The molecule has 8 heteroatoms. The molecule has 2 aromatic rings. The molecule has 3 rings (SSSR count). The highest BCUT2D eigenvalue weighted by atomic mass is 16.2. The highest BCUT2D eigenvalue weighted by molar-refractivity contribution is 5.76. The quantitative estimate of drug-likeness (QED) is 0.827. The lowest BCUT2D eigenvalue weighted by Crippen LogP contribution is -2.31. The third-order valence-corrected chi connectivity index (χ3v) is 3.98. The number of carbonyl (C=O) groups is 2. The Morgan fingerprint density at radius 3 is 3.09 bits per heavy atom. The summed E-state index contributed by atoms with van der Waals surface area (Å²) in [7, 11) is 0. The minimum atomic E-state index is -0.0710. The van der Waals surface area contributed by atoms with E-state index in [-0.39, 0.29) is 17.7 Å². The molecule has 1 fully saturated rings. The summed E-state index contributed by atoms with van der Waals surface area (Å²) in [6.07, 6.45) is 7.72. The molecule has 3 heterocycles. The second kappa shape index (κ2) is 6.64. The molecule has 2 N–H and O–H groups in total. The molecular formula is C15H20N6O2. The SMILES string of the molecule is CC(=O)NCc1cnc([C@@H]2CCN(C(=O)Cn3ccnc3)C2)[nH]1. The fraction of sp³-hybridized carbons (Fsp3) is 0.467. The molecule has 8 nitrogen and oxygen atoms in total. The van der Waals surface area contributed by atoms with E-state index in [0.717, 1.165) is 24.5 Å². The molecule has 122 valence electrons. The van der Waals surface area contributed by atoms with E-state index < -0.39 is 0 Å². The molecule has 0 spiro atoms. The van der Waals surface area contributed by atoms with E-state index in [1.807, 2.05) is 4.90 Å². The Bertz CT molecular complexity index is 678. The van der Waals surface area contributed by atoms with Gasteiger partial charge < -0.3 is 19.8 Å². The fourth-order valence-electron chi connectivity index (χ4n) is 2.74. The molecule has 0 aromatic carbocycles. The summed E-state index contributed by atoms with van der Waals surface area (Å²) in [5.74, 6) is 1.12. The lowest BCUT2D eigenvalue weighted by Gasteiger charge is -2.16. The summed E-state index contributed by atoms with van der Waals surface area (Å²) in [6.45, 7) is 3.65. The minimum Gasteiger partial charge on any atom is -0.351 e. The lowest BCUT2D eigenvalue weighted by molar-refractivity contribution is -0.130. The van der Waals surface area contributed by atoms with Gasteiger partial charge in [0.05, 0.1) is 24.8 Å². The Hall–Kier alpha value is -2.64. The molecule has 0 saturated carbocycles. The van der Waals surface area contributed by atoms with E-state index in [2.05, 4.69) is 20.3 Å². The number of imidazole rings is 2. The summed E-state index contributed by atoms with van der Waals surface area (Å²) in [5.41, 5.74) is 0.874. The third kappa shape index (κ3) is 3.77. The van der Waals surface area contributed by atoms with Crippen LogP contribution >= 0.6 is 0 Å². The maximum Gasteiger partial charge on any atom is 0.242 e. The van der Waals surface area contributed by atoms with Crippen LogP contribution in [0.3, 0.4) is 0 Å². The number of likely N-dealkylation sites (tertiary alicyclic amines) is 1. The first-order chi connectivity index (χ1) is 11.1. The molecule has 0 radical (unpaired) electrons. The predicted octanol–water partition coefficient (Wildman–Crippen LogP) is 0.258.